The zero-order valence-corrected chi connectivity index (χ0v) is 14.7. The number of halogens is 1. The van der Waals surface area contributed by atoms with Crippen molar-refractivity contribution in [3.05, 3.63) is 59.7 Å². The molecular formula is C21H19FN4O. The summed E-state index contributed by atoms with van der Waals surface area (Å²) in [6.45, 7) is -0.136. The van der Waals surface area contributed by atoms with Crippen molar-refractivity contribution in [3.63, 3.8) is 0 Å². The number of nitriles is 2. The van der Waals surface area contributed by atoms with Crippen LogP contribution in [0.5, 0.6) is 0 Å². The Morgan fingerprint density at radius 2 is 1.70 bits per heavy atom. The van der Waals surface area contributed by atoms with Crippen molar-refractivity contribution < 1.29 is 9.18 Å². The molecule has 0 spiro atoms. The van der Waals surface area contributed by atoms with Gasteiger partial charge in [0.1, 0.15) is 18.1 Å². The second-order valence-corrected chi connectivity index (χ2v) is 6.76. The molecule has 1 saturated heterocycles. The standard InChI is InChI=1S/C21H19FN4O/c22-12-21(13-25-14-21)20(27)26-19(11-24)9-15-1-5-17(6-2-15)18-7-3-16(10-23)4-8-18/h1-8,19,25H,9,12-14H2,(H,26,27). The van der Waals surface area contributed by atoms with Gasteiger partial charge in [-0.15, -0.1) is 0 Å². The van der Waals surface area contributed by atoms with Gasteiger partial charge in [0.2, 0.25) is 5.91 Å². The van der Waals surface area contributed by atoms with E-state index in [0.717, 1.165) is 16.7 Å². The first-order valence-electron chi connectivity index (χ1n) is 8.67. The molecule has 0 bridgehead atoms. The highest BCUT2D eigenvalue weighted by atomic mass is 19.1. The molecule has 0 aromatic heterocycles. The number of hydrogen-bond acceptors (Lipinski definition) is 4. The number of benzene rings is 2. The van der Waals surface area contributed by atoms with Crippen LogP contribution in [0.25, 0.3) is 11.1 Å². The van der Waals surface area contributed by atoms with E-state index in [9.17, 15) is 14.4 Å². The molecule has 27 heavy (non-hydrogen) atoms. The van der Waals surface area contributed by atoms with Gasteiger partial charge in [-0.2, -0.15) is 10.5 Å². The van der Waals surface area contributed by atoms with Gasteiger partial charge in [0, 0.05) is 19.5 Å². The van der Waals surface area contributed by atoms with Crippen LogP contribution < -0.4 is 10.6 Å². The molecular weight excluding hydrogens is 343 g/mol. The number of rotatable bonds is 6. The fraction of sp³-hybridized carbons (Fsp3) is 0.286. The molecule has 1 aliphatic rings. The monoisotopic (exact) mass is 362 g/mol. The summed E-state index contributed by atoms with van der Waals surface area (Å²) >= 11 is 0. The van der Waals surface area contributed by atoms with E-state index in [1.807, 2.05) is 36.4 Å². The fourth-order valence-corrected chi connectivity index (χ4v) is 2.99. The first-order chi connectivity index (χ1) is 13.1. The summed E-state index contributed by atoms with van der Waals surface area (Å²) in [5, 5.41) is 23.8. The van der Waals surface area contributed by atoms with Gasteiger partial charge in [-0.25, -0.2) is 4.39 Å². The fourth-order valence-electron chi connectivity index (χ4n) is 2.99. The third-order valence-corrected chi connectivity index (χ3v) is 4.87. The van der Waals surface area contributed by atoms with E-state index in [4.69, 9.17) is 5.26 Å². The molecule has 1 unspecified atom stereocenters. The second-order valence-electron chi connectivity index (χ2n) is 6.76. The average molecular weight is 362 g/mol. The summed E-state index contributed by atoms with van der Waals surface area (Å²) < 4.78 is 13.2. The summed E-state index contributed by atoms with van der Waals surface area (Å²) in [6.07, 6.45) is 0.353. The molecule has 0 radical (unpaired) electrons. The van der Waals surface area contributed by atoms with E-state index in [1.54, 1.807) is 12.1 Å². The quantitative estimate of drug-likeness (QED) is 0.825. The lowest BCUT2D eigenvalue weighted by molar-refractivity contribution is -0.135. The molecule has 6 heteroatoms. The van der Waals surface area contributed by atoms with Crippen molar-refractivity contribution in [3.8, 4) is 23.3 Å². The Balaban J connectivity index is 1.65. The van der Waals surface area contributed by atoms with Crippen LogP contribution >= 0.6 is 0 Å². The minimum atomic E-state index is -1.03. The number of nitrogens with zero attached hydrogens (tertiary/aromatic N) is 2. The van der Waals surface area contributed by atoms with Crippen molar-refractivity contribution in [1.82, 2.24) is 10.6 Å². The van der Waals surface area contributed by atoms with Crippen LogP contribution in [-0.4, -0.2) is 31.7 Å². The Morgan fingerprint density at radius 3 is 2.15 bits per heavy atom. The molecule has 136 valence electrons. The van der Waals surface area contributed by atoms with Gasteiger partial charge >= 0.3 is 0 Å². The van der Waals surface area contributed by atoms with Gasteiger partial charge in [0.05, 0.1) is 17.7 Å². The van der Waals surface area contributed by atoms with Crippen molar-refractivity contribution in [2.75, 3.05) is 19.8 Å². The van der Waals surface area contributed by atoms with Gasteiger partial charge in [0.15, 0.2) is 0 Å². The number of nitrogens with one attached hydrogen (secondary N) is 2. The highest BCUT2D eigenvalue weighted by Gasteiger charge is 2.45. The Kier molecular flexibility index (Phi) is 5.49. The molecule has 2 aromatic carbocycles. The largest absolute Gasteiger partial charge is 0.339 e. The molecule has 2 aromatic rings. The van der Waals surface area contributed by atoms with E-state index in [2.05, 4.69) is 22.8 Å². The van der Waals surface area contributed by atoms with Crippen molar-refractivity contribution in [2.24, 2.45) is 5.41 Å². The van der Waals surface area contributed by atoms with E-state index in [0.29, 0.717) is 25.1 Å². The van der Waals surface area contributed by atoms with E-state index in [-0.39, 0.29) is 0 Å². The number of amides is 1. The lowest BCUT2D eigenvalue weighted by atomic mass is 9.82. The lowest BCUT2D eigenvalue weighted by Gasteiger charge is -2.39. The first kappa shape index (κ1) is 18.6. The zero-order chi connectivity index (χ0) is 19.3. The highest BCUT2D eigenvalue weighted by Crippen LogP contribution is 2.24. The van der Waals surface area contributed by atoms with Crippen LogP contribution in [0.2, 0.25) is 0 Å². The molecule has 1 atom stereocenters. The maximum Gasteiger partial charge on any atom is 0.232 e. The topological polar surface area (TPSA) is 88.7 Å². The minimum absolute atomic E-state index is 0.298. The smallest absolute Gasteiger partial charge is 0.232 e. The molecule has 5 nitrogen and oxygen atoms in total. The maximum atomic E-state index is 13.2. The number of carbonyl (C=O) groups is 1. The number of alkyl halides is 1. The SMILES string of the molecule is N#Cc1ccc(-c2ccc(CC(C#N)NC(=O)C3(CF)CNC3)cc2)cc1. The molecule has 1 aliphatic heterocycles. The van der Waals surface area contributed by atoms with Crippen LogP contribution in [0.15, 0.2) is 48.5 Å². The summed E-state index contributed by atoms with van der Waals surface area (Å²) in [5.41, 5.74) is 2.47. The first-order valence-corrected chi connectivity index (χ1v) is 8.67. The van der Waals surface area contributed by atoms with Gasteiger partial charge in [-0.3, -0.25) is 4.79 Å². The van der Waals surface area contributed by atoms with Crippen molar-refractivity contribution >= 4 is 5.91 Å². The van der Waals surface area contributed by atoms with Gasteiger partial charge in [-0.1, -0.05) is 36.4 Å². The summed E-state index contributed by atoms with van der Waals surface area (Å²) in [7, 11) is 0. The second kappa shape index (κ2) is 7.99. The lowest BCUT2D eigenvalue weighted by Crippen LogP contribution is -2.63. The van der Waals surface area contributed by atoms with Gasteiger partial charge in [0.25, 0.3) is 0 Å². The third-order valence-electron chi connectivity index (χ3n) is 4.87. The minimum Gasteiger partial charge on any atom is -0.339 e. The Labute approximate surface area is 157 Å². The van der Waals surface area contributed by atoms with E-state index in [1.165, 1.54) is 0 Å². The molecule has 2 N–H and O–H groups in total. The average Bonchev–Trinajstić information content (AvgIpc) is 2.67. The van der Waals surface area contributed by atoms with E-state index < -0.39 is 24.0 Å². The van der Waals surface area contributed by atoms with Crippen LogP contribution in [0.1, 0.15) is 11.1 Å². The van der Waals surface area contributed by atoms with Crippen LogP contribution in [-0.2, 0) is 11.2 Å². The van der Waals surface area contributed by atoms with Gasteiger partial charge < -0.3 is 10.6 Å². The highest BCUT2D eigenvalue weighted by molar-refractivity contribution is 5.85. The Hall–Kier alpha value is -3.22. The predicted octanol–water partition coefficient (Wildman–Crippen LogP) is 2.34. The Bertz CT molecular complexity index is 884. The molecule has 3 rings (SSSR count). The zero-order valence-electron chi connectivity index (χ0n) is 14.7. The third kappa shape index (κ3) is 3.97. The van der Waals surface area contributed by atoms with Crippen LogP contribution in [0, 0.1) is 28.1 Å². The van der Waals surface area contributed by atoms with Crippen LogP contribution in [0.4, 0.5) is 4.39 Å². The van der Waals surface area contributed by atoms with Crippen LogP contribution in [0.3, 0.4) is 0 Å². The van der Waals surface area contributed by atoms with Gasteiger partial charge in [-0.05, 0) is 28.8 Å². The predicted molar refractivity (Wildman–Crippen MR) is 99.1 cm³/mol. The molecule has 1 heterocycles. The van der Waals surface area contributed by atoms with E-state index >= 15 is 0 Å². The maximum absolute atomic E-state index is 13.2. The van der Waals surface area contributed by atoms with Crippen molar-refractivity contribution in [2.45, 2.75) is 12.5 Å². The number of carbonyl (C=O) groups excluding carboxylic acids is 1. The number of hydrogen-bond donors (Lipinski definition) is 2. The molecule has 1 fully saturated rings. The normalized spacial score (nSPS) is 15.7. The molecule has 0 aliphatic carbocycles. The summed E-state index contributed by atoms with van der Waals surface area (Å²) in [4.78, 5) is 12.3. The molecule has 1 amide bonds. The van der Waals surface area contributed by atoms with Crippen molar-refractivity contribution in [1.29, 1.82) is 10.5 Å². The summed E-state index contributed by atoms with van der Waals surface area (Å²) in [6, 6.07) is 18.4. The molecule has 0 saturated carbocycles. The summed E-state index contributed by atoms with van der Waals surface area (Å²) in [5.74, 6) is -0.412. The Morgan fingerprint density at radius 1 is 1.11 bits per heavy atom.